The minimum Gasteiger partial charge on any atom is -0.399 e. The molecule has 3 aromatic rings. The van der Waals surface area contributed by atoms with Crippen LogP contribution in [-0.2, 0) is 0 Å². The van der Waals surface area contributed by atoms with E-state index in [1.165, 1.54) is 5.56 Å². The van der Waals surface area contributed by atoms with Gasteiger partial charge < -0.3 is 5.73 Å². The lowest BCUT2D eigenvalue weighted by Gasteiger charge is -2.10. The Morgan fingerprint density at radius 2 is 2.05 bits per heavy atom. The minimum atomic E-state index is 0.274. The first-order valence-corrected chi connectivity index (χ1v) is 6.94. The van der Waals surface area contributed by atoms with Gasteiger partial charge in [0.05, 0.1) is 0 Å². The fourth-order valence-corrected chi connectivity index (χ4v) is 2.89. The minimum absolute atomic E-state index is 0.274. The van der Waals surface area contributed by atoms with Crippen LogP contribution in [0.5, 0.6) is 0 Å². The van der Waals surface area contributed by atoms with Gasteiger partial charge in [-0.15, -0.1) is 10.2 Å². The first-order chi connectivity index (χ1) is 9.24. The Bertz CT molecular complexity index is 707. The highest BCUT2D eigenvalue weighted by Gasteiger charge is 2.12. The zero-order chi connectivity index (χ0) is 13.2. The molecule has 3 rings (SSSR count). The molecule has 0 spiro atoms. The first-order valence-electron chi connectivity index (χ1n) is 6.06. The summed E-state index contributed by atoms with van der Waals surface area (Å²) in [7, 11) is 0. The summed E-state index contributed by atoms with van der Waals surface area (Å²) in [5.41, 5.74) is 8.66. The highest BCUT2D eigenvalue weighted by molar-refractivity contribution is 7.99. The van der Waals surface area contributed by atoms with Crippen LogP contribution in [0.3, 0.4) is 0 Å². The monoisotopic (exact) mass is 270 g/mol. The SMILES string of the molecule is CC(Sc1nnc2ccccn12)c1cccc(N)c1. The molecule has 0 amide bonds. The van der Waals surface area contributed by atoms with E-state index in [1.54, 1.807) is 11.8 Å². The van der Waals surface area contributed by atoms with E-state index >= 15 is 0 Å². The number of benzene rings is 1. The number of fused-ring (bicyclic) bond motifs is 1. The second-order valence-corrected chi connectivity index (χ2v) is 5.65. The van der Waals surface area contributed by atoms with Gasteiger partial charge in [0.1, 0.15) is 0 Å². The molecular weight excluding hydrogens is 256 g/mol. The summed E-state index contributed by atoms with van der Waals surface area (Å²) in [5, 5.41) is 9.55. The fraction of sp³-hybridized carbons (Fsp3) is 0.143. The summed E-state index contributed by atoms with van der Waals surface area (Å²) in [5.74, 6) is 0. The van der Waals surface area contributed by atoms with E-state index in [9.17, 15) is 0 Å². The predicted molar refractivity (Wildman–Crippen MR) is 78.1 cm³/mol. The summed E-state index contributed by atoms with van der Waals surface area (Å²) in [6.45, 7) is 2.14. The standard InChI is InChI=1S/C14H14N4S/c1-10(11-5-4-6-12(15)9-11)19-14-17-16-13-7-2-3-8-18(13)14/h2-10H,15H2,1H3. The summed E-state index contributed by atoms with van der Waals surface area (Å²) in [6.07, 6.45) is 1.98. The van der Waals surface area contributed by atoms with Crippen molar-refractivity contribution in [2.24, 2.45) is 0 Å². The van der Waals surface area contributed by atoms with Gasteiger partial charge in [-0.1, -0.05) is 30.0 Å². The van der Waals surface area contributed by atoms with Crippen LogP contribution >= 0.6 is 11.8 Å². The molecule has 2 heterocycles. The predicted octanol–water partition coefficient (Wildman–Crippen LogP) is 3.16. The summed E-state index contributed by atoms with van der Waals surface area (Å²) >= 11 is 1.68. The number of nitrogens with zero attached hydrogens (tertiary/aromatic N) is 3. The topological polar surface area (TPSA) is 56.2 Å². The van der Waals surface area contributed by atoms with Crippen molar-refractivity contribution in [2.45, 2.75) is 17.3 Å². The molecule has 1 atom stereocenters. The molecule has 5 heteroatoms. The number of rotatable bonds is 3. The molecule has 2 aromatic heterocycles. The van der Waals surface area contributed by atoms with E-state index in [0.29, 0.717) is 0 Å². The largest absolute Gasteiger partial charge is 0.399 e. The van der Waals surface area contributed by atoms with Gasteiger partial charge in [0.25, 0.3) is 0 Å². The third-order valence-corrected chi connectivity index (χ3v) is 4.06. The molecule has 0 aliphatic carbocycles. The molecule has 0 aliphatic heterocycles. The number of hydrogen-bond donors (Lipinski definition) is 1. The number of pyridine rings is 1. The quantitative estimate of drug-likeness (QED) is 0.586. The number of nitrogens with two attached hydrogens (primary N) is 1. The third kappa shape index (κ3) is 2.42. The van der Waals surface area contributed by atoms with Crippen LogP contribution in [0.2, 0.25) is 0 Å². The van der Waals surface area contributed by atoms with Crippen LogP contribution in [0, 0.1) is 0 Å². The smallest absolute Gasteiger partial charge is 0.196 e. The van der Waals surface area contributed by atoms with Gasteiger partial charge in [-0.2, -0.15) is 0 Å². The molecule has 0 bridgehead atoms. The lowest BCUT2D eigenvalue weighted by Crippen LogP contribution is -1.94. The highest BCUT2D eigenvalue weighted by atomic mass is 32.2. The Hall–Kier alpha value is -2.01. The molecule has 1 aromatic carbocycles. The Morgan fingerprint density at radius 1 is 1.16 bits per heavy atom. The van der Waals surface area contributed by atoms with Crippen molar-refractivity contribution in [3.63, 3.8) is 0 Å². The molecule has 19 heavy (non-hydrogen) atoms. The van der Waals surface area contributed by atoms with Crippen molar-refractivity contribution >= 4 is 23.1 Å². The van der Waals surface area contributed by atoms with E-state index < -0.39 is 0 Å². The van der Waals surface area contributed by atoms with Crippen molar-refractivity contribution < 1.29 is 0 Å². The van der Waals surface area contributed by atoms with Gasteiger partial charge in [-0.05, 0) is 36.8 Å². The average Bonchev–Trinajstić information content (AvgIpc) is 2.82. The maximum atomic E-state index is 5.82. The molecule has 0 fully saturated rings. The van der Waals surface area contributed by atoms with Gasteiger partial charge in [0, 0.05) is 17.1 Å². The van der Waals surface area contributed by atoms with Crippen molar-refractivity contribution in [3.05, 3.63) is 54.2 Å². The van der Waals surface area contributed by atoms with Gasteiger partial charge in [0.2, 0.25) is 0 Å². The van der Waals surface area contributed by atoms with Gasteiger partial charge in [-0.3, -0.25) is 4.40 Å². The lowest BCUT2D eigenvalue weighted by molar-refractivity contribution is 0.911. The van der Waals surface area contributed by atoms with E-state index in [-0.39, 0.29) is 5.25 Å². The molecule has 0 radical (unpaired) electrons. The van der Waals surface area contributed by atoms with Gasteiger partial charge in [0.15, 0.2) is 10.8 Å². The van der Waals surface area contributed by atoms with Crippen LogP contribution in [-0.4, -0.2) is 14.6 Å². The lowest BCUT2D eigenvalue weighted by atomic mass is 10.1. The number of thioether (sulfide) groups is 1. The molecule has 1 unspecified atom stereocenters. The summed E-state index contributed by atoms with van der Waals surface area (Å²) in [6, 6.07) is 13.8. The van der Waals surface area contributed by atoms with E-state index in [1.807, 2.05) is 47.0 Å². The second kappa shape index (κ2) is 4.93. The Morgan fingerprint density at radius 3 is 2.89 bits per heavy atom. The Labute approximate surface area is 115 Å². The number of anilines is 1. The number of nitrogen functional groups attached to an aromatic ring is 1. The van der Waals surface area contributed by atoms with Crippen LogP contribution in [0.25, 0.3) is 5.65 Å². The fourth-order valence-electron chi connectivity index (χ4n) is 1.94. The number of hydrogen-bond acceptors (Lipinski definition) is 4. The van der Waals surface area contributed by atoms with Gasteiger partial charge in [-0.25, -0.2) is 0 Å². The van der Waals surface area contributed by atoms with Crippen LogP contribution in [0.15, 0.2) is 53.8 Å². The second-order valence-electron chi connectivity index (χ2n) is 4.34. The Balaban J connectivity index is 1.89. The average molecular weight is 270 g/mol. The molecular formula is C14H14N4S. The van der Waals surface area contributed by atoms with Crippen molar-refractivity contribution in [2.75, 3.05) is 5.73 Å². The van der Waals surface area contributed by atoms with Crippen LogP contribution in [0.4, 0.5) is 5.69 Å². The van der Waals surface area contributed by atoms with E-state index in [0.717, 1.165) is 16.5 Å². The van der Waals surface area contributed by atoms with Gasteiger partial charge >= 0.3 is 0 Å². The van der Waals surface area contributed by atoms with E-state index in [4.69, 9.17) is 5.73 Å². The Kier molecular flexibility index (Phi) is 3.13. The molecule has 96 valence electrons. The zero-order valence-corrected chi connectivity index (χ0v) is 11.3. The maximum Gasteiger partial charge on any atom is 0.196 e. The van der Waals surface area contributed by atoms with Crippen molar-refractivity contribution in [1.82, 2.24) is 14.6 Å². The molecule has 0 aliphatic rings. The van der Waals surface area contributed by atoms with Crippen LogP contribution in [0.1, 0.15) is 17.7 Å². The molecule has 2 N–H and O–H groups in total. The molecule has 0 saturated carbocycles. The zero-order valence-electron chi connectivity index (χ0n) is 10.5. The number of aromatic nitrogens is 3. The summed E-state index contributed by atoms with van der Waals surface area (Å²) in [4.78, 5) is 0. The van der Waals surface area contributed by atoms with E-state index in [2.05, 4.69) is 23.2 Å². The highest BCUT2D eigenvalue weighted by Crippen LogP contribution is 2.34. The third-order valence-electron chi connectivity index (χ3n) is 2.94. The normalized spacial score (nSPS) is 12.7. The molecule has 4 nitrogen and oxygen atoms in total. The molecule has 0 saturated heterocycles. The van der Waals surface area contributed by atoms with Crippen LogP contribution < -0.4 is 5.73 Å². The van der Waals surface area contributed by atoms with Crippen molar-refractivity contribution in [1.29, 1.82) is 0 Å². The maximum absolute atomic E-state index is 5.82. The van der Waals surface area contributed by atoms with Crippen molar-refractivity contribution in [3.8, 4) is 0 Å². The first kappa shape index (κ1) is 12.0. The summed E-state index contributed by atoms with van der Waals surface area (Å²) < 4.78 is 1.99.